The fraction of sp³-hybridized carbons (Fsp3) is 0.762. The summed E-state index contributed by atoms with van der Waals surface area (Å²) in [5.41, 5.74) is 0.124. The van der Waals surface area contributed by atoms with Gasteiger partial charge in [-0.2, -0.15) is 0 Å². The lowest BCUT2D eigenvalue weighted by Gasteiger charge is -2.56. The number of urea groups is 1. The number of likely N-dealkylation sites (tertiary alicyclic amines) is 1. The summed E-state index contributed by atoms with van der Waals surface area (Å²) in [6.07, 6.45) is 10.1. The fourth-order valence-corrected chi connectivity index (χ4v) is 7.33. The molecule has 2 N–H and O–H groups in total. The monoisotopic (exact) mass is 373 g/mol. The SMILES string of the molecule is O=C(NC1CCN(Cc2cccs2)CC1)NC12CC3CC(CC(C3)C1)C2. The Hall–Kier alpha value is -1.07. The summed E-state index contributed by atoms with van der Waals surface area (Å²) in [5.74, 6) is 2.63. The summed E-state index contributed by atoms with van der Waals surface area (Å²) in [5, 5.41) is 8.91. The van der Waals surface area contributed by atoms with E-state index in [1.165, 1.54) is 43.4 Å². The first-order valence-corrected chi connectivity index (χ1v) is 11.4. The Morgan fingerprint density at radius 3 is 2.35 bits per heavy atom. The minimum atomic E-state index is 0.101. The van der Waals surface area contributed by atoms with Crippen molar-refractivity contribution in [2.75, 3.05) is 13.1 Å². The van der Waals surface area contributed by atoms with Gasteiger partial charge in [-0.15, -0.1) is 11.3 Å². The van der Waals surface area contributed by atoms with E-state index in [-0.39, 0.29) is 11.6 Å². The number of thiophene rings is 1. The molecule has 5 aliphatic rings. The number of hydrogen-bond donors (Lipinski definition) is 2. The third-order valence-electron chi connectivity index (χ3n) is 7.30. The summed E-state index contributed by atoms with van der Waals surface area (Å²) in [6, 6.07) is 4.78. The number of nitrogens with one attached hydrogen (secondary N) is 2. The van der Waals surface area contributed by atoms with Crippen LogP contribution in [0.4, 0.5) is 4.79 Å². The molecule has 2 heterocycles. The molecule has 4 aliphatic carbocycles. The molecule has 0 atom stereocenters. The largest absolute Gasteiger partial charge is 0.335 e. The molecule has 1 saturated heterocycles. The third-order valence-corrected chi connectivity index (χ3v) is 8.16. The maximum absolute atomic E-state index is 12.7. The summed E-state index contributed by atoms with van der Waals surface area (Å²) in [7, 11) is 0. The van der Waals surface area contributed by atoms with Gasteiger partial charge in [0.05, 0.1) is 0 Å². The Bertz CT molecular complexity index is 600. The number of carbonyl (C=O) groups is 1. The van der Waals surface area contributed by atoms with Crippen LogP contribution in [0.15, 0.2) is 17.5 Å². The van der Waals surface area contributed by atoms with Crippen LogP contribution in [0.3, 0.4) is 0 Å². The smallest absolute Gasteiger partial charge is 0.315 e. The summed E-state index contributed by atoms with van der Waals surface area (Å²) < 4.78 is 0. The second-order valence-corrected chi connectivity index (χ2v) is 10.5. The van der Waals surface area contributed by atoms with E-state index in [2.05, 4.69) is 33.0 Å². The highest BCUT2D eigenvalue weighted by molar-refractivity contribution is 7.09. The highest BCUT2D eigenvalue weighted by Gasteiger charge is 2.51. The molecule has 4 saturated carbocycles. The van der Waals surface area contributed by atoms with Crippen LogP contribution in [0.2, 0.25) is 0 Å². The molecular weight excluding hydrogens is 342 g/mol. The van der Waals surface area contributed by atoms with Crippen molar-refractivity contribution in [2.45, 2.75) is 69.5 Å². The van der Waals surface area contributed by atoms with Crippen molar-refractivity contribution in [3.05, 3.63) is 22.4 Å². The molecular formula is C21H31N3OS. The maximum Gasteiger partial charge on any atom is 0.315 e. The Morgan fingerprint density at radius 2 is 1.77 bits per heavy atom. The molecule has 5 fully saturated rings. The van der Waals surface area contributed by atoms with Crippen LogP contribution in [-0.2, 0) is 6.54 Å². The first-order valence-electron chi connectivity index (χ1n) is 10.5. The lowest BCUT2D eigenvalue weighted by atomic mass is 9.53. The molecule has 4 bridgehead atoms. The molecule has 5 heteroatoms. The zero-order valence-corrected chi connectivity index (χ0v) is 16.4. The van der Waals surface area contributed by atoms with Crippen LogP contribution in [0.25, 0.3) is 0 Å². The summed E-state index contributed by atoms with van der Waals surface area (Å²) in [4.78, 5) is 16.7. The van der Waals surface area contributed by atoms with Crippen LogP contribution >= 0.6 is 11.3 Å². The van der Waals surface area contributed by atoms with Gasteiger partial charge in [0, 0.05) is 36.1 Å². The lowest BCUT2D eigenvalue weighted by molar-refractivity contribution is -0.0137. The predicted octanol–water partition coefficient (Wildman–Crippen LogP) is 3.98. The van der Waals surface area contributed by atoms with Gasteiger partial charge in [-0.3, -0.25) is 4.90 Å². The Kier molecular flexibility index (Phi) is 4.48. The topological polar surface area (TPSA) is 44.4 Å². The molecule has 1 aromatic rings. The molecule has 142 valence electrons. The Labute approximate surface area is 160 Å². The van der Waals surface area contributed by atoms with Gasteiger partial charge in [0.2, 0.25) is 0 Å². The minimum Gasteiger partial charge on any atom is -0.335 e. The Balaban J connectivity index is 1.10. The molecule has 1 aliphatic heterocycles. The normalized spacial score (nSPS) is 37.0. The standard InChI is InChI=1S/C21H31N3OS/c25-20(23-21-11-15-8-16(12-21)10-17(9-15)13-21)22-18-3-5-24(6-4-18)14-19-2-1-7-26-19/h1-2,7,15-18H,3-6,8-14H2,(H2,22,23,25). The number of hydrogen-bond acceptors (Lipinski definition) is 3. The van der Waals surface area contributed by atoms with Crippen molar-refractivity contribution in [1.82, 2.24) is 15.5 Å². The molecule has 0 spiro atoms. The van der Waals surface area contributed by atoms with Gasteiger partial charge >= 0.3 is 6.03 Å². The number of piperidine rings is 1. The van der Waals surface area contributed by atoms with E-state index in [0.717, 1.165) is 50.2 Å². The van der Waals surface area contributed by atoms with Crippen LogP contribution in [0.5, 0.6) is 0 Å². The van der Waals surface area contributed by atoms with Crippen molar-refractivity contribution >= 4 is 17.4 Å². The van der Waals surface area contributed by atoms with Crippen LogP contribution < -0.4 is 10.6 Å². The van der Waals surface area contributed by atoms with Crippen molar-refractivity contribution in [3.8, 4) is 0 Å². The molecule has 0 radical (unpaired) electrons. The second-order valence-electron chi connectivity index (χ2n) is 9.43. The van der Waals surface area contributed by atoms with Crippen molar-refractivity contribution < 1.29 is 4.79 Å². The molecule has 2 amide bonds. The van der Waals surface area contributed by atoms with Crippen LogP contribution in [0.1, 0.15) is 56.2 Å². The first-order chi connectivity index (χ1) is 12.7. The molecule has 6 rings (SSSR count). The first kappa shape index (κ1) is 17.1. The minimum absolute atomic E-state index is 0.101. The van der Waals surface area contributed by atoms with Crippen LogP contribution in [-0.4, -0.2) is 35.6 Å². The Morgan fingerprint density at radius 1 is 1.12 bits per heavy atom. The van der Waals surface area contributed by atoms with Crippen molar-refractivity contribution in [2.24, 2.45) is 17.8 Å². The molecule has 0 aromatic carbocycles. The summed E-state index contributed by atoms with van der Waals surface area (Å²) >= 11 is 1.84. The number of carbonyl (C=O) groups excluding carboxylic acids is 1. The van der Waals surface area contributed by atoms with Crippen molar-refractivity contribution in [3.63, 3.8) is 0 Å². The molecule has 0 unspecified atom stereocenters. The zero-order chi connectivity index (χ0) is 17.6. The molecule has 1 aromatic heterocycles. The van der Waals surface area contributed by atoms with E-state index in [1.807, 2.05) is 11.3 Å². The predicted molar refractivity (Wildman–Crippen MR) is 105 cm³/mol. The van der Waals surface area contributed by atoms with E-state index in [0.29, 0.717) is 6.04 Å². The number of nitrogens with zero attached hydrogens (tertiary/aromatic N) is 1. The van der Waals surface area contributed by atoms with Gasteiger partial charge in [0.15, 0.2) is 0 Å². The van der Waals surface area contributed by atoms with E-state index in [4.69, 9.17) is 0 Å². The second kappa shape index (κ2) is 6.83. The highest BCUT2D eigenvalue weighted by atomic mass is 32.1. The number of amides is 2. The van der Waals surface area contributed by atoms with E-state index in [9.17, 15) is 4.79 Å². The van der Waals surface area contributed by atoms with Gasteiger partial charge in [-0.25, -0.2) is 4.79 Å². The van der Waals surface area contributed by atoms with Gasteiger partial charge < -0.3 is 10.6 Å². The summed E-state index contributed by atoms with van der Waals surface area (Å²) in [6.45, 7) is 3.23. The zero-order valence-electron chi connectivity index (χ0n) is 15.6. The quantitative estimate of drug-likeness (QED) is 0.838. The highest BCUT2D eigenvalue weighted by Crippen LogP contribution is 2.55. The van der Waals surface area contributed by atoms with Gasteiger partial charge in [0.1, 0.15) is 0 Å². The van der Waals surface area contributed by atoms with E-state index in [1.54, 1.807) is 0 Å². The average Bonchev–Trinajstić information content (AvgIpc) is 3.08. The fourth-order valence-electron chi connectivity index (χ4n) is 6.58. The lowest BCUT2D eigenvalue weighted by Crippen LogP contribution is -2.62. The van der Waals surface area contributed by atoms with Crippen LogP contribution in [0, 0.1) is 17.8 Å². The molecule has 4 nitrogen and oxygen atoms in total. The maximum atomic E-state index is 12.7. The number of rotatable bonds is 4. The van der Waals surface area contributed by atoms with E-state index >= 15 is 0 Å². The average molecular weight is 374 g/mol. The van der Waals surface area contributed by atoms with Gasteiger partial charge in [-0.05, 0) is 80.6 Å². The van der Waals surface area contributed by atoms with Crippen molar-refractivity contribution in [1.29, 1.82) is 0 Å². The third kappa shape index (κ3) is 3.53. The molecule has 26 heavy (non-hydrogen) atoms. The van der Waals surface area contributed by atoms with E-state index < -0.39 is 0 Å². The van der Waals surface area contributed by atoms with Gasteiger partial charge in [-0.1, -0.05) is 6.07 Å². The van der Waals surface area contributed by atoms with Gasteiger partial charge in [0.25, 0.3) is 0 Å².